The van der Waals surface area contributed by atoms with Gasteiger partial charge in [0.15, 0.2) is 11.5 Å². The summed E-state index contributed by atoms with van der Waals surface area (Å²) in [5.74, 6) is 2.31. The van der Waals surface area contributed by atoms with E-state index < -0.39 is 0 Å². The second-order valence-corrected chi connectivity index (χ2v) is 7.27. The van der Waals surface area contributed by atoms with Crippen LogP contribution in [0.15, 0.2) is 18.2 Å². The average molecular weight is 291 g/mol. The first-order valence-corrected chi connectivity index (χ1v) is 7.80. The standard InChI is InChI=1S/C18H29NO2/c1-13-9-10-18(13,12-19-17(2,3)4)14-7-8-15(20-5)16(11-14)21-6/h7-8,11,13,19H,9-10,12H2,1-6H3. The molecule has 1 saturated carbocycles. The van der Waals surface area contributed by atoms with Gasteiger partial charge >= 0.3 is 0 Å². The molecule has 1 fully saturated rings. The molecule has 21 heavy (non-hydrogen) atoms. The lowest BCUT2D eigenvalue weighted by Gasteiger charge is -2.50. The number of methoxy groups -OCH3 is 2. The Labute approximate surface area is 129 Å². The summed E-state index contributed by atoms with van der Waals surface area (Å²) in [6.45, 7) is 10.0. The van der Waals surface area contributed by atoms with Crippen LogP contribution in [0, 0.1) is 5.92 Å². The van der Waals surface area contributed by atoms with Gasteiger partial charge in [0.1, 0.15) is 0 Å². The van der Waals surface area contributed by atoms with Crippen molar-refractivity contribution in [3.63, 3.8) is 0 Å². The molecule has 0 bridgehead atoms. The second-order valence-electron chi connectivity index (χ2n) is 7.27. The monoisotopic (exact) mass is 291 g/mol. The minimum absolute atomic E-state index is 0.138. The molecular weight excluding hydrogens is 262 g/mol. The summed E-state index contributed by atoms with van der Waals surface area (Å²) < 4.78 is 10.8. The first-order chi connectivity index (χ1) is 9.82. The van der Waals surface area contributed by atoms with Crippen LogP contribution in [0.25, 0.3) is 0 Å². The lowest BCUT2D eigenvalue weighted by atomic mass is 9.57. The van der Waals surface area contributed by atoms with E-state index in [1.165, 1.54) is 18.4 Å². The molecule has 1 N–H and O–H groups in total. The van der Waals surface area contributed by atoms with Crippen LogP contribution in [-0.2, 0) is 5.41 Å². The summed E-state index contributed by atoms with van der Waals surface area (Å²) in [5, 5.41) is 3.69. The van der Waals surface area contributed by atoms with Gasteiger partial charge < -0.3 is 14.8 Å². The van der Waals surface area contributed by atoms with E-state index in [0.717, 1.165) is 18.0 Å². The Hall–Kier alpha value is -1.22. The maximum Gasteiger partial charge on any atom is 0.161 e. The highest BCUT2D eigenvalue weighted by molar-refractivity contribution is 5.46. The molecule has 0 aromatic heterocycles. The molecule has 1 aliphatic rings. The molecule has 0 heterocycles. The first kappa shape index (κ1) is 16.2. The predicted molar refractivity (Wildman–Crippen MR) is 87.4 cm³/mol. The zero-order valence-corrected chi connectivity index (χ0v) is 14.2. The summed E-state index contributed by atoms with van der Waals surface area (Å²) in [6.07, 6.45) is 2.52. The maximum absolute atomic E-state index is 5.48. The van der Waals surface area contributed by atoms with Crippen molar-refractivity contribution in [1.29, 1.82) is 0 Å². The van der Waals surface area contributed by atoms with Crippen LogP contribution in [0.3, 0.4) is 0 Å². The minimum atomic E-state index is 0.138. The fourth-order valence-corrected chi connectivity index (χ4v) is 3.14. The first-order valence-electron chi connectivity index (χ1n) is 7.80. The van der Waals surface area contributed by atoms with Gasteiger partial charge in [-0.05, 0) is 57.2 Å². The van der Waals surface area contributed by atoms with Gasteiger partial charge in [-0.25, -0.2) is 0 Å². The molecule has 0 radical (unpaired) electrons. The van der Waals surface area contributed by atoms with Crippen molar-refractivity contribution in [3.8, 4) is 11.5 Å². The van der Waals surface area contributed by atoms with Crippen LogP contribution in [0.5, 0.6) is 11.5 Å². The second kappa shape index (κ2) is 5.88. The van der Waals surface area contributed by atoms with Crippen LogP contribution >= 0.6 is 0 Å². The third kappa shape index (κ3) is 3.18. The Morgan fingerprint density at radius 2 is 1.86 bits per heavy atom. The molecule has 118 valence electrons. The van der Waals surface area contributed by atoms with Crippen LogP contribution in [0.2, 0.25) is 0 Å². The van der Waals surface area contributed by atoms with Crippen molar-refractivity contribution >= 4 is 0 Å². The molecule has 1 aliphatic carbocycles. The SMILES string of the molecule is COc1ccc(C2(CNC(C)(C)C)CCC2C)cc1OC. The fraction of sp³-hybridized carbons (Fsp3) is 0.667. The number of hydrogen-bond donors (Lipinski definition) is 1. The van der Waals surface area contributed by atoms with Crippen LogP contribution in [0.4, 0.5) is 0 Å². The zero-order chi connectivity index (χ0) is 15.7. The number of benzene rings is 1. The van der Waals surface area contributed by atoms with Crippen molar-refractivity contribution in [2.45, 2.75) is 51.5 Å². The van der Waals surface area contributed by atoms with Gasteiger partial charge in [0.2, 0.25) is 0 Å². The summed E-state index contributed by atoms with van der Waals surface area (Å²) in [4.78, 5) is 0. The molecule has 1 aromatic carbocycles. The van der Waals surface area contributed by atoms with Crippen molar-refractivity contribution in [2.75, 3.05) is 20.8 Å². The van der Waals surface area contributed by atoms with Gasteiger partial charge in [0, 0.05) is 17.5 Å². The van der Waals surface area contributed by atoms with Gasteiger partial charge in [-0.1, -0.05) is 13.0 Å². The Morgan fingerprint density at radius 1 is 1.19 bits per heavy atom. The van der Waals surface area contributed by atoms with E-state index >= 15 is 0 Å². The van der Waals surface area contributed by atoms with E-state index in [1.54, 1.807) is 14.2 Å². The van der Waals surface area contributed by atoms with Gasteiger partial charge in [-0.15, -0.1) is 0 Å². The Balaban J connectivity index is 2.30. The third-order valence-electron chi connectivity index (χ3n) is 4.86. The summed E-state index contributed by atoms with van der Waals surface area (Å²) >= 11 is 0. The quantitative estimate of drug-likeness (QED) is 0.896. The Bertz CT molecular complexity index is 492. The van der Waals surface area contributed by atoms with E-state index in [-0.39, 0.29) is 11.0 Å². The molecule has 0 aliphatic heterocycles. The highest BCUT2D eigenvalue weighted by atomic mass is 16.5. The minimum Gasteiger partial charge on any atom is -0.493 e. The van der Waals surface area contributed by atoms with Crippen LogP contribution in [-0.4, -0.2) is 26.3 Å². The Kier molecular flexibility index (Phi) is 4.52. The normalized spacial score (nSPS) is 25.3. The maximum atomic E-state index is 5.48. The van der Waals surface area contributed by atoms with E-state index in [4.69, 9.17) is 9.47 Å². The highest BCUT2D eigenvalue weighted by Gasteiger charge is 2.45. The average Bonchev–Trinajstić information content (AvgIpc) is 2.44. The van der Waals surface area contributed by atoms with E-state index in [0.29, 0.717) is 5.92 Å². The molecule has 3 nitrogen and oxygen atoms in total. The number of rotatable bonds is 5. The van der Waals surface area contributed by atoms with E-state index in [9.17, 15) is 0 Å². The number of hydrogen-bond acceptors (Lipinski definition) is 3. The molecule has 2 unspecified atom stereocenters. The van der Waals surface area contributed by atoms with Gasteiger partial charge in [0.25, 0.3) is 0 Å². The highest BCUT2D eigenvalue weighted by Crippen LogP contribution is 2.49. The summed E-state index contributed by atoms with van der Waals surface area (Å²) in [7, 11) is 3.38. The van der Waals surface area contributed by atoms with Crippen molar-refractivity contribution in [2.24, 2.45) is 5.92 Å². The van der Waals surface area contributed by atoms with Gasteiger partial charge in [-0.2, -0.15) is 0 Å². The third-order valence-corrected chi connectivity index (χ3v) is 4.86. The topological polar surface area (TPSA) is 30.5 Å². The van der Waals surface area contributed by atoms with E-state index in [2.05, 4.69) is 45.1 Å². The smallest absolute Gasteiger partial charge is 0.161 e. The number of ether oxygens (including phenoxy) is 2. The molecule has 0 saturated heterocycles. The van der Waals surface area contributed by atoms with Gasteiger partial charge in [0.05, 0.1) is 14.2 Å². The summed E-state index contributed by atoms with van der Waals surface area (Å²) in [6, 6.07) is 6.37. The van der Waals surface area contributed by atoms with Crippen molar-refractivity contribution in [3.05, 3.63) is 23.8 Å². The van der Waals surface area contributed by atoms with Crippen molar-refractivity contribution < 1.29 is 9.47 Å². The molecule has 0 amide bonds. The predicted octanol–water partition coefficient (Wildman–Crippen LogP) is 3.76. The van der Waals surface area contributed by atoms with E-state index in [1.807, 2.05) is 6.07 Å². The molecule has 0 spiro atoms. The molecular formula is C18H29NO2. The molecule has 2 atom stereocenters. The molecule has 1 aromatic rings. The lowest BCUT2D eigenvalue weighted by molar-refractivity contribution is 0.123. The van der Waals surface area contributed by atoms with Crippen LogP contribution in [0.1, 0.15) is 46.1 Å². The van der Waals surface area contributed by atoms with Crippen LogP contribution < -0.4 is 14.8 Å². The molecule has 2 rings (SSSR count). The lowest BCUT2D eigenvalue weighted by Crippen LogP contribution is -2.53. The largest absolute Gasteiger partial charge is 0.493 e. The zero-order valence-electron chi connectivity index (χ0n) is 14.2. The number of nitrogens with one attached hydrogen (secondary N) is 1. The molecule has 3 heteroatoms. The van der Waals surface area contributed by atoms with Crippen molar-refractivity contribution in [1.82, 2.24) is 5.32 Å². The Morgan fingerprint density at radius 3 is 2.29 bits per heavy atom. The fourth-order valence-electron chi connectivity index (χ4n) is 3.14. The summed E-state index contributed by atoms with van der Waals surface area (Å²) in [5.41, 5.74) is 1.71. The van der Waals surface area contributed by atoms with Gasteiger partial charge in [-0.3, -0.25) is 0 Å².